The van der Waals surface area contributed by atoms with Gasteiger partial charge in [0.15, 0.2) is 0 Å². The zero-order chi connectivity index (χ0) is 23.0. The van der Waals surface area contributed by atoms with Gasteiger partial charge in [0, 0.05) is 45.3 Å². The topological polar surface area (TPSA) is 49.4 Å². The molecule has 0 spiro atoms. The van der Waals surface area contributed by atoms with Gasteiger partial charge in [0.1, 0.15) is 6.04 Å². The molecule has 0 aliphatic heterocycles. The minimum absolute atomic E-state index is 0.0351. The van der Waals surface area contributed by atoms with E-state index in [1.165, 1.54) is 5.56 Å². The molecule has 2 atom stereocenters. The molecule has 0 aliphatic carbocycles. The van der Waals surface area contributed by atoms with Crippen molar-refractivity contribution in [2.24, 2.45) is 0 Å². The number of thioether (sulfide) groups is 1. The van der Waals surface area contributed by atoms with E-state index in [0.717, 1.165) is 11.3 Å². The molecular formula is C24H30Cl2N2O2S. The van der Waals surface area contributed by atoms with Gasteiger partial charge in [0.05, 0.1) is 0 Å². The maximum atomic E-state index is 13.2. The van der Waals surface area contributed by atoms with Crippen LogP contribution in [0.3, 0.4) is 0 Å². The van der Waals surface area contributed by atoms with E-state index in [9.17, 15) is 9.59 Å². The minimum Gasteiger partial charge on any atom is -0.352 e. The zero-order valence-corrected chi connectivity index (χ0v) is 20.8. The van der Waals surface area contributed by atoms with Gasteiger partial charge in [-0.3, -0.25) is 9.59 Å². The second kappa shape index (κ2) is 12.4. The number of amides is 2. The van der Waals surface area contributed by atoms with E-state index < -0.39 is 6.04 Å². The van der Waals surface area contributed by atoms with Crippen molar-refractivity contribution in [2.75, 3.05) is 5.75 Å². The van der Waals surface area contributed by atoms with E-state index >= 15 is 0 Å². The summed E-state index contributed by atoms with van der Waals surface area (Å²) in [6, 6.07) is 12.8. The monoisotopic (exact) mass is 480 g/mol. The molecule has 0 aliphatic rings. The highest BCUT2D eigenvalue weighted by molar-refractivity contribution is 7.99. The van der Waals surface area contributed by atoms with Gasteiger partial charge in [-0.05, 0) is 51.5 Å². The number of aryl methyl sites for hydroxylation is 1. The molecule has 4 nitrogen and oxygen atoms in total. The molecule has 0 aromatic heterocycles. The summed E-state index contributed by atoms with van der Waals surface area (Å²) in [6.07, 6.45) is 1.12. The molecule has 0 saturated heterocycles. The smallest absolute Gasteiger partial charge is 0.242 e. The van der Waals surface area contributed by atoms with Gasteiger partial charge in [-0.1, -0.05) is 53.9 Å². The van der Waals surface area contributed by atoms with Gasteiger partial charge in [0.2, 0.25) is 11.8 Å². The molecule has 0 saturated carbocycles. The molecule has 1 N–H and O–H groups in total. The Labute approximate surface area is 199 Å². The van der Waals surface area contributed by atoms with E-state index in [2.05, 4.69) is 17.4 Å². The van der Waals surface area contributed by atoms with Crippen LogP contribution in [-0.2, 0) is 16.1 Å². The van der Waals surface area contributed by atoms with Crippen LogP contribution >= 0.6 is 35.0 Å². The lowest BCUT2D eigenvalue weighted by atomic mass is 10.1. The van der Waals surface area contributed by atoms with Crippen LogP contribution < -0.4 is 5.32 Å². The predicted molar refractivity (Wildman–Crippen MR) is 131 cm³/mol. The Balaban J connectivity index is 2.14. The third-order valence-corrected chi connectivity index (χ3v) is 6.89. The van der Waals surface area contributed by atoms with Crippen LogP contribution in [0.1, 0.15) is 44.7 Å². The second-order valence-electron chi connectivity index (χ2n) is 7.63. The lowest BCUT2D eigenvalue weighted by Crippen LogP contribution is -2.49. The molecule has 2 amide bonds. The lowest BCUT2D eigenvalue weighted by Gasteiger charge is -2.30. The fraction of sp³-hybridized carbons (Fsp3) is 0.417. The number of carbonyl (C=O) groups is 2. The molecule has 0 fully saturated rings. The third-order valence-electron chi connectivity index (χ3n) is 5.16. The van der Waals surface area contributed by atoms with Crippen LogP contribution in [0.25, 0.3) is 0 Å². The van der Waals surface area contributed by atoms with Crippen molar-refractivity contribution < 1.29 is 9.59 Å². The molecule has 2 aromatic rings. The van der Waals surface area contributed by atoms with Crippen LogP contribution in [0.15, 0.2) is 47.4 Å². The number of carbonyl (C=O) groups excluding carboxylic acids is 2. The summed E-state index contributed by atoms with van der Waals surface area (Å²) in [4.78, 5) is 28.6. The van der Waals surface area contributed by atoms with Crippen LogP contribution in [-0.4, -0.2) is 34.6 Å². The van der Waals surface area contributed by atoms with E-state index in [-0.39, 0.29) is 24.4 Å². The van der Waals surface area contributed by atoms with Gasteiger partial charge < -0.3 is 10.2 Å². The first-order chi connectivity index (χ1) is 14.7. The highest BCUT2D eigenvalue weighted by Crippen LogP contribution is 2.27. The van der Waals surface area contributed by atoms with E-state index in [4.69, 9.17) is 23.2 Å². The fourth-order valence-electron chi connectivity index (χ4n) is 2.94. The number of rotatable bonds is 10. The maximum Gasteiger partial charge on any atom is 0.242 e. The van der Waals surface area contributed by atoms with Crippen LogP contribution in [0, 0.1) is 6.92 Å². The first-order valence-electron chi connectivity index (χ1n) is 10.4. The number of benzene rings is 2. The van der Waals surface area contributed by atoms with E-state index in [1.807, 2.05) is 32.9 Å². The van der Waals surface area contributed by atoms with Gasteiger partial charge >= 0.3 is 0 Å². The maximum absolute atomic E-state index is 13.2. The van der Waals surface area contributed by atoms with Crippen molar-refractivity contribution in [3.05, 3.63) is 63.6 Å². The first kappa shape index (κ1) is 25.6. The number of hydrogen-bond acceptors (Lipinski definition) is 3. The Morgan fingerprint density at radius 1 is 1.06 bits per heavy atom. The molecule has 2 rings (SSSR count). The molecule has 7 heteroatoms. The van der Waals surface area contributed by atoms with E-state index in [0.29, 0.717) is 27.8 Å². The number of hydrogen-bond donors (Lipinski definition) is 1. The highest BCUT2D eigenvalue weighted by atomic mass is 35.5. The Morgan fingerprint density at radius 2 is 1.68 bits per heavy atom. The molecule has 0 unspecified atom stereocenters. The van der Waals surface area contributed by atoms with Crippen molar-refractivity contribution in [2.45, 2.75) is 64.1 Å². The first-order valence-corrected chi connectivity index (χ1v) is 12.2. The van der Waals surface area contributed by atoms with Crippen molar-refractivity contribution >= 4 is 46.8 Å². The molecule has 31 heavy (non-hydrogen) atoms. The summed E-state index contributed by atoms with van der Waals surface area (Å²) in [7, 11) is 0. The highest BCUT2D eigenvalue weighted by Gasteiger charge is 2.27. The van der Waals surface area contributed by atoms with Gasteiger partial charge in [-0.2, -0.15) is 0 Å². The van der Waals surface area contributed by atoms with Gasteiger partial charge in [-0.25, -0.2) is 0 Å². The minimum atomic E-state index is -0.641. The summed E-state index contributed by atoms with van der Waals surface area (Å²) in [5.41, 5.74) is 1.85. The average Bonchev–Trinajstić information content (AvgIpc) is 2.74. The summed E-state index contributed by atoms with van der Waals surface area (Å²) < 4.78 is 0. The number of nitrogens with one attached hydrogen (secondary N) is 1. The molecule has 2 aromatic carbocycles. The molecule has 168 valence electrons. The molecular weight excluding hydrogens is 451 g/mol. The van der Waals surface area contributed by atoms with E-state index in [1.54, 1.807) is 41.8 Å². The number of halogens is 2. The summed E-state index contributed by atoms with van der Waals surface area (Å²) in [5, 5.41) is 3.92. The van der Waals surface area contributed by atoms with Gasteiger partial charge in [0.25, 0.3) is 0 Å². The normalized spacial score (nSPS) is 12.8. The quantitative estimate of drug-likeness (QED) is 0.416. The average molecular weight is 481 g/mol. The van der Waals surface area contributed by atoms with Gasteiger partial charge in [-0.15, -0.1) is 11.8 Å². The predicted octanol–water partition coefficient (Wildman–Crippen LogP) is 6.12. The fourth-order valence-corrected chi connectivity index (χ4v) is 4.29. The number of nitrogens with zero attached hydrogens (tertiary/aromatic N) is 1. The van der Waals surface area contributed by atoms with Crippen molar-refractivity contribution in [3.63, 3.8) is 0 Å². The lowest BCUT2D eigenvalue weighted by molar-refractivity contribution is -0.140. The Kier molecular flexibility index (Phi) is 10.2. The van der Waals surface area contributed by atoms with Crippen molar-refractivity contribution in [1.29, 1.82) is 0 Å². The zero-order valence-electron chi connectivity index (χ0n) is 18.5. The molecule has 0 radical (unpaired) electrons. The third kappa shape index (κ3) is 7.74. The van der Waals surface area contributed by atoms with Crippen molar-refractivity contribution in [1.82, 2.24) is 10.2 Å². The van der Waals surface area contributed by atoms with Crippen LogP contribution in [0.5, 0.6) is 0 Å². The largest absolute Gasteiger partial charge is 0.352 e. The second-order valence-corrected chi connectivity index (χ2v) is 9.61. The van der Waals surface area contributed by atoms with Crippen LogP contribution in [0.4, 0.5) is 0 Å². The Bertz CT molecular complexity index is 869. The molecule has 0 bridgehead atoms. The summed E-state index contributed by atoms with van der Waals surface area (Å²) in [6.45, 7) is 7.92. The Morgan fingerprint density at radius 3 is 2.26 bits per heavy atom. The standard InChI is InChI=1S/C24H30Cl2N2O2S/c1-5-17(3)27-24(30)18(4)28(15-20-21(25)7-6-8-22(20)26)23(29)13-14-31-19-11-9-16(2)10-12-19/h6-12,17-18H,5,13-15H2,1-4H3,(H,27,30)/t17-,18+/m1/s1. The SMILES string of the molecule is CC[C@@H](C)NC(=O)[C@H](C)N(Cc1c(Cl)cccc1Cl)C(=O)CCSc1ccc(C)cc1. The Hall–Kier alpha value is -1.69. The summed E-state index contributed by atoms with van der Waals surface area (Å²) >= 11 is 14.3. The summed E-state index contributed by atoms with van der Waals surface area (Å²) in [5.74, 6) is 0.327. The molecule has 0 heterocycles. The van der Waals surface area contributed by atoms with Crippen molar-refractivity contribution in [3.8, 4) is 0 Å². The van der Waals surface area contributed by atoms with Crippen LogP contribution in [0.2, 0.25) is 10.0 Å².